The number of imide groups is 1. The van der Waals surface area contributed by atoms with Gasteiger partial charge >= 0.3 is 6.03 Å². The maximum atomic E-state index is 12.2. The summed E-state index contributed by atoms with van der Waals surface area (Å²) in [5.41, 5.74) is 0. The van der Waals surface area contributed by atoms with Gasteiger partial charge in [0.2, 0.25) is 5.91 Å². The van der Waals surface area contributed by atoms with Crippen molar-refractivity contribution >= 4 is 11.9 Å². The molecule has 2 N–H and O–H groups in total. The summed E-state index contributed by atoms with van der Waals surface area (Å²) >= 11 is 0. The van der Waals surface area contributed by atoms with Crippen molar-refractivity contribution in [2.24, 2.45) is 11.8 Å². The molecule has 2 saturated heterocycles. The Morgan fingerprint density at radius 2 is 1.74 bits per heavy atom. The average Bonchev–Trinajstić information content (AvgIpc) is 3.13. The third-order valence-corrected chi connectivity index (χ3v) is 6.59. The summed E-state index contributed by atoms with van der Waals surface area (Å²) in [6.45, 7) is 10.2. The zero-order valence-electron chi connectivity index (χ0n) is 16.9. The largest absolute Gasteiger partial charge is 0.377 e. The van der Waals surface area contributed by atoms with E-state index in [1.54, 1.807) is 0 Å². The molecule has 7 heteroatoms. The summed E-state index contributed by atoms with van der Waals surface area (Å²) in [6.07, 6.45) is 6.08. The lowest BCUT2D eigenvalue weighted by molar-refractivity contribution is -0.121. The highest BCUT2D eigenvalue weighted by Crippen LogP contribution is 2.29. The van der Waals surface area contributed by atoms with Crippen molar-refractivity contribution in [3.05, 3.63) is 0 Å². The van der Waals surface area contributed by atoms with Gasteiger partial charge in [-0.2, -0.15) is 0 Å². The van der Waals surface area contributed by atoms with Crippen LogP contribution in [-0.4, -0.2) is 79.8 Å². The SMILES string of the molecule is C[C@@H]1[C@H](C)CCC[C@H]1NC(=O)NC(=O)CN1CCN(C[C@@H]2CCCO2)CC1. The highest BCUT2D eigenvalue weighted by Gasteiger charge is 2.29. The number of urea groups is 1. The van der Waals surface area contributed by atoms with Crippen molar-refractivity contribution in [3.8, 4) is 0 Å². The number of carbonyl (C=O) groups is 2. The Morgan fingerprint density at radius 3 is 2.44 bits per heavy atom. The van der Waals surface area contributed by atoms with Crippen LogP contribution < -0.4 is 10.6 Å². The van der Waals surface area contributed by atoms with E-state index < -0.39 is 0 Å². The second kappa shape index (κ2) is 9.85. The molecular formula is C20H36N4O3. The first-order valence-electron chi connectivity index (χ1n) is 10.7. The maximum absolute atomic E-state index is 12.2. The fraction of sp³-hybridized carbons (Fsp3) is 0.900. The Balaban J connectivity index is 1.32. The maximum Gasteiger partial charge on any atom is 0.321 e. The number of hydrogen-bond acceptors (Lipinski definition) is 5. The van der Waals surface area contributed by atoms with Crippen molar-refractivity contribution in [2.75, 3.05) is 45.9 Å². The molecule has 154 valence electrons. The molecule has 4 atom stereocenters. The van der Waals surface area contributed by atoms with E-state index in [1.807, 2.05) is 0 Å². The molecule has 3 rings (SSSR count). The number of ether oxygens (including phenoxy) is 1. The molecule has 1 aliphatic carbocycles. The Morgan fingerprint density at radius 1 is 1.00 bits per heavy atom. The van der Waals surface area contributed by atoms with Gasteiger partial charge in [0.1, 0.15) is 0 Å². The number of amides is 3. The molecule has 7 nitrogen and oxygen atoms in total. The molecule has 0 aromatic rings. The predicted molar refractivity (Wildman–Crippen MR) is 104 cm³/mol. The van der Waals surface area contributed by atoms with Gasteiger partial charge in [-0.25, -0.2) is 4.79 Å². The Kier molecular flexibility index (Phi) is 7.49. The van der Waals surface area contributed by atoms with Crippen LogP contribution >= 0.6 is 0 Å². The van der Waals surface area contributed by atoms with E-state index in [1.165, 1.54) is 12.8 Å². The van der Waals surface area contributed by atoms with Crippen LogP contribution in [0.2, 0.25) is 0 Å². The molecule has 3 fully saturated rings. The van der Waals surface area contributed by atoms with Crippen LogP contribution in [0.15, 0.2) is 0 Å². The summed E-state index contributed by atoms with van der Waals surface area (Å²) < 4.78 is 5.70. The summed E-state index contributed by atoms with van der Waals surface area (Å²) in [5.74, 6) is 0.860. The number of nitrogens with zero attached hydrogens (tertiary/aromatic N) is 2. The lowest BCUT2D eigenvalue weighted by Gasteiger charge is -2.35. The molecule has 0 aromatic heterocycles. The first-order valence-corrected chi connectivity index (χ1v) is 10.7. The normalized spacial score (nSPS) is 33.0. The molecule has 0 unspecified atom stereocenters. The minimum absolute atomic E-state index is 0.169. The molecular weight excluding hydrogens is 344 g/mol. The fourth-order valence-corrected chi connectivity index (χ4v) is 4.57. The Labute approximate surface area is 163 Å². The molecule has 27 heavy (non-hydrogen) atoms. The molecule has 2 heterocycles. The van der Waals surface area contributed by atoms with Gasteiger partial charge in [-0.1, -0.05) is 26.7 Å². The Bertz CT molecular complexity index is 501. The topological polar surface area (TPSA) is 73.9 Å². The van der Waals surface area contributed by atoms with E-state index >= 15 is 0 Å². The summed E-state index contributed by atoms with van der Waals surface area (Å²) in [7, 11) is 0. The van der Waals surface area contributed by atoms with Crippen LogP contribution in [0, 0.1) is 11.8 Å². The monoisotopic (exact) mass is 380 g/mol. The van der Waals surface area contributed by atoms with Gasteiger partial charge < -0.3 is 10.1 Å². The van der Waals surface area contributed by atoms with Crippen LogP contribution in [0.1, 0.15) is 46.0 Å². The molecule has 0 aromatic carbocycles. The van der Waals surface area contributed by atoms with E-state index in [0.29, 0.717) is 17.9 Å². The third kappa shape index (κ3) is 6.16. The van der Waals surface area contributed by atoms with Crippen LogP contribution in [-0.2, 0) is 9.53 Å². The summed E-state index contributed by atoms with van der Waals surface area (Å²) in [5, 5.41) is 5.52. The molecule has 3 aliphatic rings. The highest BCUT2D eigenvalue weighted by atomic mass is 16.5. The second-order valence-electron chi connectivity index (χ2n) is 8.61. The third-order valence-electron chi connectivity index (χ3n) is 6.59. The first-order chi connectivity index (χ1) is 13.0. The van der Waals surface area contributed by atoms with Gasteiger partial charge in [-0.3, -0.25) is 19.9 Å². The molecule has 0 bridgehead atoms. The number of piperazine rings is 1. The predicted octanol–water partition coefficient (Wildman–Crippen LogP) is 1.43. The van der Waals surface area contributed by atoms with Crippen LogP contribution in [0.3, 0.4) is 0 Å². The van der Waals surface area contributed by atoms with Gasteiger partial charge in [-0.05, 0) is 31.1 Å². The molecule has 3 amide bonds. The van der Waals surface area contributed by atoms with Crippen molar-refractivity contribution in [2.45, 2.75) is 58.1 Å². The Hall–Kier alpha value is -1.18. The van der Waals surface area contributed by atoms with Crippen molar-refractivity contribution < 1.29 is 14.3 Å². The number of nitrogens with one attached hydrogen (secondary N) is 2. The highest BCUT2D eigenvalue weighted by molar-refractivity contribution is 5.95. The zero-order valence-corrected chi connectivity index (χ0v) is 16.9. The van der Waals surface area contributed by atoms with E-state index in [0.717, 1.165) is 58.6 Å². The first kappa shape index (κ1) is 20.6. The second-order valence-corrected chi connectivity index (χ2v) is 8.61. The van der Waals surface area contributed by atoms with Gasteiger partial charge in [-0.15, -0.1) is 0 Å². The number of rotatable bonds is 5. The van der Waals surface area contributed by atoms with E-state index in [2.05, 4.69) is 34.3 Å². The lowest BCUT2D eigenvalue weighted by Crippen LogP contribution is -2.53. The molecule has 0 radical (unpaired) electrons. The van der Waals surface area contributed by atoms with Crippen LogP contribution in [0.4, 0.5) is 4.79 Å². The fourth-order valence-electron chi connectivity index (χ4n) is 4.57. The van der Waals surface area contributed by atoms with Gasteiger partial charge in [0.05, 0.1) is 12.6 Å². The van der Waals surface area contributed by atoms with E-state index in [9.17, 15) is 9.59 Å². The lowest BCUT2D eigenvalue weighted by atomic mass is 9.78. The molecule has 2 aliphatic heterocycles. The van der Waals surface area contributed by atoms with Gasteiger partial charge in [0.25, 0.3) is 0 Å². The van der Waals surface area contributed by atoms with Crippen molar-refractivity contribution in [3.63, 3.8) is 0 Å². The molecule has 1 saturated carbocycles. The average molecular weight is 381 g/mol. The minimum atomic E-state index is -0.344. The number of hydrogen-bond donors (Lipinski definition) is 2. The van der Waals surface area contributed by atoms with Gasteiger partial charge in [0.15, 0.2) is 0 Å². The van der Waals surface area contributed by atoms with Crippen molar-refractivity contribution in [1.29, 1.82) is 0 Å². The van der Waals surface area contributed by atoms with Crippen LogP contribution in [0.5, 0.6) is 0 Å². The zero-order chi connectivity index (χ0) is 19.2. The van der Waals surface area contributed by atoms with Crippen molar-refractivity contribution in [1.82, 2.24) is 20.4 Å². The quantitative estimate of drug-likeness (QED) is 0.755. The standard InChI is InChI=1S/C20H36N4O3/c1-15-5-3-7-18(16(15)2)21-20(26)22-19(25)14-24-10-8-23(9-11-24)13-17-6-4-12-27-17/h15-18H,3-14H2,1-2H3,(H2,21,22,25,26)/t15-,16-,17+,18-/m1/s1. The van der Waals surface area contributed by atoms with Gasteiger partial charge in [0, 0.05) is 45.4 Å². The van der Waals surface area contributed by atoms with E-state index in [4.69, 9.17) is 4.74 Å². The molecule has 0 spiro atoms. The summed E-state index contributed by atoms with van der Waals surface area (Å²) in [6, 6.07) is -0.175. The smallest absolute Gasteiger partial charge is 0.321 e. The summed E-state index contributed by atoms with van der Waals surface area (Å²) in [4.78, 5) is 28.9. The number of carbonyl (C=O) groups excluding carboxylic acids is 2. The van der Waals surface area contributed by atoms with E-state index in [-0.39, 0.29) is 24.5 Å². The minimum Gasteiger partial charge on any atom is -0.377 e. The van der Waals surface area contributed by atoms with Crippen LogP contribution in [0.25, 0.3) is 0 Å².